The summed E-state index contributed by atoms with van der Waals surface area (Å²) in [5.74, 6) is -0.141. The molecule has 0 aromatic rings. The van der Waals surface area contributed by atoms with E-state index in [4.69, 9.17) is 5.73 Å². The zero-order chi connectivity index (χ0) is 13.5. The standard InChI is InChI=1S/C12H24N4O2/c1-15(2)6-7-16-9-10(8-11(16)17)12(18)14-5-3-4-13/h10H,3-9,13H2,1-2H3,(H,14,18). The van der Waals surface area contributed by atoms with Gasteiger partial charge in [-0.05, 0) is 27.1 Å². The zero-order valence-electron chi connectivity index (χ0n) is 11.3. The van der Waals surface area contributed by atoms with Gasteiger partial charge in [-0.25, -0.2) is 0 Å². The first-order valence-corrected chi connectivity index (χ1v) is 6.45. The van der Waals surface area contributed by atoms with Crippen LogP contribution < -0.4 is 11.1 Å². The molecule has 1 fully saturated rings. The van der Waals surface area contributed by atoms with Crippen LogP contribution in [0.1, 0.15) is 12.8 Å². The Balaban J connectivity index is 2.33. The van der Waals surface area contributed by atoms with E-state index in [1.165, 1.54) is 0 Å². The molecule has 1 rings (SSSR count). The SMILES string of the molecule is CN(C)CCN1CC(C(=O)NCCCN)CC1=O. The van der Waals surface area contributed by atoms with E-state index in [0.717, 1.165) is 13.0 Å². The van der Waals surface area contributed by atoms with Gasteiger partial charge in [0.25, 0.3) is 0 Å². The quantitative estimate of drug-likeness (QED) is 0.565. The van der Waals surface area contributed by atoms with Gasteiger partial charge < -0.3 is 20.9 Å². The summed E-state index contributed by atoms with van der Waals surface area (Å²) in [6.07, 6.45) is 1.11. The Labute approximate surface area is 108 Å². The molecule has 1 heterocycles. The summed E-state index contributed by atoms with van der Waals surface area (Å²) < 4.78 is 0. The average molecular weight is 256 g/mol. The van der Waals surface area contributed by atoms with Crippen molar-refractivity contribution in [3.05, 3.63) is 0 Å². The van der Waals surface area contributed by atoms with Crippen LogP contribution in [0, 0.1) is 5.92 Å². The highest BCUT2D eigenvalue weighted by atomic mass is 16.2. The summed E-state index contributed by atoms with van der Waals surface area (Å²) in [6, 6.07) is 0. The number of nitrogens with one attached hydrogen (secondary N) is 1. The number of hydrogen-bond acceptors (Lipinski definition) is 4. The topological polar surface area (TPSA) is 78.7 Å². The molecule has 6 nitrogen and oxygen atoms in total. The van der Waals surface area contributed by atoms with Crippen LogP contribution in [-0.2, 0) is 9.59 Å². The summed E-state index contributed by atoms with van der Waals surface area (Å²) >= 11 is 0. The van der Waals surface area contributed by atoms with Crippen LogP contribution in [0.15, 0.2) is 0 Å². The molecule has 104 valence electrons. The Bertz CT molecular complexity index is 294. The fourth-order valence-corrected chi connectivity index (χ4v) is 1.94. The Morgan fingerprint density at radius 1 is 1.56 bits per heavy atom. The van der Waals surface area contributed by atoms with Gasteiger partial charge in [-0.15, -0.1) is 0 Å². The second-order valence-electron chi connectivity index (χ2n) is 4.98. The van der Waals surface area contributed by atoms with E-state index in [9.17, 15) is 9.59 Å². The van der Waals surface area contributed by atoms with Gasteiger partial charge >= 0.3 is 0 Å². The molecule has 1 saturated heterocycles. The van der Waals surface area contributed by atoms with Gasteiger partial charge in [0.2, 0.25) is 11.8 Å². The third kappa shape index (κ3) is 4.62. The molecule has 1 aliphatic heterocycles. The van der Waals surface area contributed by atoms with E-state index in [1.807, 2.05) is 19.0 Å². The van der Waals surface area contributed by atoms with Crippen LogP contribution >= 0.6 is 0 Å². The van der Waals surface area contributed by atoms with Crippen molar-refractivity contribution < 1.29 is 9.59 Å². The van der Waals surface area contributed by atoms with Crippen molar-refractivity contribution in [2.24, 2.45) is 11.7 Å². The van der Waals surface area contributed by atoms with Crippen LogP contribution in [-0.4, -0.2) is 68.4 Å². The smallest absolute Gasteiger partial charge is 0.225 e. The van der Waals surface area contributed by atoms with Crippen molar-refractivity contribution >= 4 is 11.8 Å². The van der Waals surface area contributed by atoms with Crippen molar-refractivity contribution in [2.75, 3.05) is 46.8 Å². The van der Waals surface area contributed by atoms with E-state index in [1.54, 1.807) is 4.90 Å². The van der Waals surface area contributed by atoms with Gasteiger partial charge in [-0.3, -0.25) is 9.59 Å². The van der Waals surface area contributed by atoms with E-state index in [0.29, 0.717) is 32.6 Å². The number of amides is 2. The summed E-state index contributed by atoms with van der Waals surface area (Å²) in [4.78, 5) is 27.3. The maximum atomic E-state index is 11.8. The predicted octanol–water partition coefficient (Wildman–Crippen LogP) is -1.14. The Hall–Kier alpha value is -1.14. The third-order valence-electron chi connectivity index (χ3n) is 3.08. The zero-order valence-corrected chi connectivity index (χ0v) is 11.3. The van der Waals surface area contributed by atoms with Gasteiger partial charge in [0, 0.05) is 32.6 Å². The molecule has 0 aromatic heterocycles. The van der Waals surface area contributed by atoms with Crippen molar-refractivity contribution in [1.29, 1.82) is 0 Å². The molecule has 0 aromatic carbocycles. The lowest BCUT2D eigenvalue weighted by Crippen LogP contribution is -2.36. The fraction of sp³-hybridized carbons (Fsp3) is 0.833. The summed E-state index contributed by atoms with van der Waals surface area (Å²) in [6.45, 7) is 3.23. The molecule has 0 bridgehead atoms. The lowest BCUT2D eigenvalue weighted by atomic mass is 10.1. The van der Waals surface area contributed by atoms with E-state index >= 15 is 0 Å². The third-order valence-corrected chi connectivity index (χ3v) is 3.08. The van der Waals surface area contributed by atoms with Crippen LogP contribution in [0.25, 0.3) is 0 Å². The van der Waals surface area contributed by atoms with Crippen molar-refractivity contribution in [1.82, 2.24) is 15.1 Å². The molecule has 0 spiro atoms. The molecular formula is C12H24N4O2. The average Bonchev–Trinajstić information content (AvgIpc) is 2.68. The largest absolute Gasteiger partial charge is 0.356 e. The first-order valence-electron chi connectivity index (χ1n) is 6.45. The minimum absolute atomic E-state index is 0.0239. The van der Waals surface area contributed by atoms with Crippen molar-refractivity contribution in [3.63, 3.8) is 0 Å². The lowest BCUT2D eigenvalue weighted by Gasteiger charge is -2.19. The van der Waals surface area contributed by atoms with Gasteiger partial charge in [0.05, 0.1) is 5.92 Å². The van der Waals surface area contributed by atoms with Crippen LogP contribution in [0.2, 0.25) is 0 Å². The summed E-state index contributed by atoms with van der Waals surface area (Å²) in [7, 11) is 3.94. The molecule has 1 aliphatic rings. The Morgan fingerprint density at radius 3 is 2.89 bits per heavy atom. The predicted molar refractivity (Wildman–Crippen MR) is 69.9 cm³/mol. The number of nitrogens with zero attached hydrogens (tertiary/aromatic N) is 2. The minimum Gasteiger partial charge on any atom is -0.356 e. The maximum Gasteiger partial charge on any atom is 0.225 e. The highest BCUT2D eigenvalue weighted by Crippen LogP contribution is 2.17. The summed E-state index contributed by atoms with van der Waals surface area (Å²) in [5, 5.41) is 2.82. The van der Waals surface area contributed by atoms with Crippen LogP contribution in [0.4, 0.5) is 0 Å². The number of likely N-dealkylation sites (N-methyl/N-ethyl adjacent to an activating group) is 1. The van der Waals surface area contributed by atoms with Crippen LogP contribution in [0.3, 0.4) is 0 Å². The number of likely N-dealkylation sites (tertiary alicyclic amines) is 1. The first kappa shape index (κ1) is 14.9. The molecule has 1 atom stereocenters. The number of carbonyl (C=O) groups is 2. The maximum absolute atomic E-state index is 11.8. The molecule has 18 heavy (non-hydrogen) atoms. The van der Waals surface area contributed by atoms with E-state index in [2.05, 4.69) is 5.32 Å². The number of nitrogens with two attached hydrogens (primary N) is 1. The molecule has 0 saturated carbocycles. The van der Waals surface area contributed by atoms with Crippen molar-refractivity contribution in [3.8, 4) is 0 Å². The highest BCUT2D eigenvalue weighted by molar-refractivity contribution is 5.89. The first-order chi connectivity index (χ1) is 8.54. The van der Waals surface area contributed by atoms with Gasteiger partial charge in [0.1, 0.15) is 0 Å². The van der Waals surface area contributed by atoms with Crippen molar-refractivity contribution in [2.45, 2.75) is 12.8 Å². The molecule has 1 unspecified atom stereocenters. The van der Waals surface area contributed by atoms with Gasteiger partial charge in [-0.2, -0.15) is 0 Å². The second-order valence-corrected chi connectivity index (χ2v) is 4.98. The number of rotatable bonds is 7. The molecule has 0 aliphatic carbocycles. The van der Waals surface area contributed by atoms with Gasteiger partial charge in [0.15, 0.2) is 0 Å². The second kappa shape index (κ2) is 7.33. The molecular weight excluding hydrogens is 232 g/mol. The molecule has 2 amide bonds. The fourth-order valence-electron chi connectivity index (χ4n) is 1.94. The lowest BCUT2D eigenvalue weighted by molar-refractivity contribution is -0.129. The van der Waals surface area contributed by atoms with E-state index in [-0.39, 0.29) is 17.7 Å². The number of hydrogen-bond donors (Lipinski definition) is 2. The normalized spacial score (nSPS) is 19.7. The van der Waals surface area contributed by atoms with Gasteiger partial charge in [-0.1, -0.05) is 0 Å². The van der Waals surface area contributed by atoms with E-state index < -0.39 is 0 Å². The monoisotopic (exact) mass is 256 g/mol. The molecule has 6 heteroatoms. The Morgan fingerprint density at radius 2 is 2.28 bits per heavy atom. The summed E-state index contributed by atoms with van der Waals surface area (Å²) in [5.41, 5.74) is 5.36. The van der Waals surface area contributed by atoms with Crippen LogP contribution in [0.5, 0.6) is 0 Å². The minimum atomic E-state index is -0.197. The number of carbonyl (C=O) groups excluding carboxylic acids is 2. The molecule has 3 N–H and O–H groups in total. The highest BCUT2D eigenvalue weighted by Gasteiger charge is 2.33. The molecule has 0 radical (unpaired) electrons. The Kier molecular flexibility index (Phi) is 6.07.